The van der Waals surface area contributed by atoms with Gasteiger partial charge < -0.3 is 9.88 Å². The molecule has 3 heterocycles. The molecule has 1 aromatic carbocycles. The van der Waals surface area contributed by atoms with Gasteiger partial charge in [-0.25, -0.2) is 14.4 Å². The van der Waals surface area contributed by atoms with Crippen molar-refractivity contribution in [2.45, 2.75) is 13.5 Å². The Kier molecular flexibility index (Phi) is 5.30. The lowest BCUT2D eigenvalue weighted by atomic mass is 10.1. The van der Waals surface area contributed by atoms with E-state index in [1.54, 1.807) is 54.6 Å². The maximum absolute atomic E-state index is 13.4. The third-order valence-electron chi connectivity index (χ3n) is 4.57. The smallest absolute Gasteiger partial charge is 0.268 e. The molecule has 4 aromatic rings. The van der Waals surface area contributed by atoms with E-state index in [4.69, 9.17) is 0 Å². The predicted octanol–water partition coefficient (Wildman–Crippen LogP) is 3.32. The van der Waals surface area contributed by atoms with Crippen molar-refractivity contribution >= 4 is 5.91 Å². The van der Waals surface area contributed by atoms with E-state index >= 15 is 0 Å². The highest BCUT2D eigenvalue weighted by molar-refractivity contribution is 5.94. The largest absolute Gasteiger partial charge is 0.346 e. The molecule has 0 unspecified atom stereocenters. The first kappa shape index (κ1) is 19.4. The molecule has 0 aliphatic rings. The van der Waals surface area contributed by atoms with Gasteiger partial charge in [0.2, 0.25) is 0 Å². The van der Waals surface area contributed by atoms with Crippen LogP contribution in [0.4, 0.5) is 4.39 Å². The minimum Gasteiger partial charge on any atom is -0.346 e. The summed E-state index contributed by atoms with van der Waals surface area (Å²) in [7, 11) is 1.80. The molecule has 0 fully saturated rings. The first-order chi connectivity index (χ1) is 14.5. The second-order valence-corrected chi connectivity index (χ2v) is 6.86. The SMILES string of the molecule is Cc1cnc(CNC(=O)c2cc(-c3cnc(-c4cccc(F)c4)nc3)cn2C)cn1. The van der Waals surface area contributed by atoms with Crippen LogP contribution in [-0.4, -0.2) is 30.4 Å². The number of hydrogen-bond donors (Lipinski definition) is 1. The number of nitrogens with zero attached hydrogens (tertiary/aromatic N) is 5. The van der Waals surface area contributed by atoms with Crippen LogP contribution in [0, 0.1) is 12.7 Å². The topological polar surface area (TPSA) is 85.6 Å². The van der Waals surface area contributed by atoms with Gasteiger partial charge in [0.05, 0.1) is 24.1 Å². The minimum atomic E-state index is -0.337. The Labute approximate surface area is 172 Å². The van der Waals surface area contributed by atoms with Crippen LogP contribution in [0.15, 0.2) is 61.3 Å². The normalized spacial score (nSPS) is 10.8. The van der Waals surface area contributed by atoms with E-state index < -0.39 is 0 Å². The van der Waals surface area contributed by atoms with Gasteiger partial charge in [-0.2, -0.15) is 0 Å². The summed E-state index contributed by atoms with van der Waals surface area (Å²) in [6.45, 7) is 2.15. The number of aromatic nitrogens is 5. The number of aryl methyl sites for hydroxylation is 2. The van der Waals surface area contributed by atoms with Crippen LogP contribution >= 0.6 is 0 Å². The van der Waals surface area contributed by atoms with Crippen LogP contribution in [0.5, 0.6) is 0 Å². The molecule has 1 N–H and O–H groups in total. The molecular weight excluding hydrogens is 383 g/mol. The summed E-state index contributed by atoms with van der Waals surface area (Å²) in [5.41, 5.74) is 4.18. The Balaban J connectivity index is 1.49. The number of carbonyl (C=O) groups excluding carboxylic acids is 1. The number of nitrogens with one attached hydrogen (secondary N) is 1. The maximum Gasteiger partial charge on any atom is 0.268 e. The first-order valence-electron chi connectivity index (χ1n) is 9.30. The second-order valence-electron chi connectivity index (χ2n) is 6.86. The zero-order valence-electron chi connectivity index (χ0n) is 16.5. The molecule has 3 aromatic heterocycles. The van der Waals surface area contributed by atoms with Gasteiger partial charge in [-0.1, -0.05) is 12.1 Å². The summed E-state index contributed by atoms with van der Waals surface area (Å²) in [6, 6.07) is 7.91. The molecule has 0 saturated carbocycles. The van der Waals surface area contributed by atoms with Crippen molar-refractivity contribution in [3.05, 3.63) is 84.2 Å². The Morgan fingerprint density at radius 3 is 2.50 bits per heavy atom. The summed E-state index contributed by atoms with van der Waals surface area (Å²) >= 11 is 0. The van der Waals surface area contributed by atoms with Gasteiger partial charge in [-0.05, 0) is 25.1 Å². The highest BCUT2D eigenvalue weighted by atomic mass is 19.1. The van der Waals surface area contributed by atoms with Crippen molar-refractivity contribution < 1.29 is 9.18 Å². The van der Waals surface area contributed by atoms with Crippen LogP contribution in [0.3, 0.4) is 0 Å². The Hall–Kier alpha value is -3.94. The molecular formula is C22H19FN6O. The lowest BCUT2D eigenvalue weighted by Gasteiger charge is -2.05. The van der Waals surface area contributed by atoms with E-state index in [9.17, 15) is 9.18 Å². The zero-order chi connectivity index (χ0) is 21.1. The third kappa shape index (κ3) is 4.22. The average Bonchev–Trinajstić information content (AvgIpc) is 3.15. The van der Waals surface area contributed by atoms with Gasteiger partial charge >= 0.3 is 0 Å². The molecule has 4 rings (SSSR count). The van der Waals surface area contributed by atoms with Gasteiger partial charge in [-0.15, -0.1) is 0 Å². The lowest BCUT2D eigenvalue weighted by molar-refractivity contribution is 0.0942. The van der Waals surface area contributed by atoms with Gasteiger partial charge in [-0.3, -0.25) is 14.8 Å². The van der Waals surface area contributed by atoms with Crippen LogP contribution in [0.25, 0.3) is 22.5 Å². The summed E-state index contributed by atoms with van der Waals surface area (Å²) in [4.78, 5) is 29.6. The van der Waals surface area contributed by atoms with Gasteiger partial charge in [0, 0.05) is 48.5 Å². The average molecular weight is 402 g/mol. The first-order valence-corrected chi connectivity index (χ1v) is 9.30. The maximum atomic E-state index is 13.4. The summed E-state index contributed by atoms with van der Waals surface area (Å²) in [5, 5.41) is 2.85. The molecule has 0 aliphatic heterocycles. The standard InChI is InChI=1S/C22H19FN6O/c1-14-8-25-19(11-24-14)12-28-22(30)20-7-16(13-29(20)2)17-9-26-21(27-10-17)15-4-3-5-18(23)6-15/h3-11,13H,12H2,1-2H3,(H,28,30). The quantitative estimate of drug-likeness (QED) is 0.554. The summed E-state index contributed by atoms with van der Waals surface area (Å²) in [6.07, 6.45) is 8.46. The molecule has 8 heteroatoms. The van der Waals surface area contributed by atoms with E-state index in [1.165, 1.54) is 12.1 Å². The summed E-state index contributed by atoms with van der Waals surface area (Å²) < 4.78 is 15.1. The van der Waals surface area contributed by atoms with E-state index in [1.807, 2.05) is 13.1 Å². The Morgan fingerprint density at radius 1 is 1.00 bits per heavy atom. The molecule has 0 atom stereocenters. The zero-order valence-corrected chi connectivity index (χ0v) is 16.5. The van der Waals surface area contributed by atoms with Gasteiger partial charge in [0.25, 0.3) is 5.91 Å². The highest BCUT2D eigenvalue weighted by Crippen LogP contribution is 2.23. The number of rotatable bonds is 5. The molecule has 0 bridgehead atoms. The van der Waals surface area contributed by atoms with Crippen LogP contribution < -0.4 is 5.32 Å². The Bertz CT molecular complexity index is 1190. The van der Waals surface area contributed by atoms with E-state index in [2.05, 4.69) is 25.3 Å². The Morgan fingerprint density at radius 2 is 1.80 bits per heavy atom. The second kappa shape index (κ2) is 8.20. The third-order valence-corrected chi connectivity index (χ3v) is 4.57. The van der Waals surface area contributed by atoms with E-state index in [-0.39, 0.29) is 18.3 Å². The van der Waals surface area contributed by atoms with Crippen LogP contribution in [-0.2, 0) is 13.6 Å². The minimum absolute atomic E-state index is 0.219. The molecule has 1 amide bonds. The number of hydrogen-bond acceptors (Lipinski definition) is 5. The molecule has 7 nitrogen and oxygen atoms in total. The van der Waals surface area contributed by atoms with E-state index in [0.29, 0.717) is 22.8 Å². The molecule has 150 valence electrons. The molecule has 0 spiro atoms. The highest BCUT2D eigenvalue weighted by Gasteiger charge is 2.14. The van der Waals surface area contributed by atoms with Crippen molar-refractivity contribution in [2.75, 3.05) is 0 Å². The molecule has 30 heavy (non-hydrogen) atoms. The monoisotopic (exact) mass is 402 g/mol. The van der Waals surface area contributed by atoms with Crippen molar-refractivity contribution in [3.63, 3.8) is 0 Å². The number of carbonyl (C=O) groups is 1. The van der Waals surface area contributed by atoms with Crippen LogP contribution in [0.2, 0.25) is 0 Å². The van der Waals surface area contributed by atoms with E-state index in [0.717, 1.165) is 16.8 Å². The fourth-order valence-corrected chi connectivity index (χ4v) is 2.97. The number of amides is 1. The number of halogens is 1. The van der Waals surface area contributed by atoms with Gasteiger partial charge in [0.15, 0.2) is 5.82 Å². The molecule has 0 saturated heterocycles. The van der Waals surface area contributed by atoms with Crippen molar-refractivity contribution in [1.29, 1.82) is 0 Å². The van der Waals surface area contributed by atoms with Gasteiger partial charge in [0.1, 0.15) is 11.5 Å². The fourth-order valence-electron chi connectivity index (χ4n) is 2.97. The van der Waals surface area contributed by atoms with Crippen molar-refractivity contribution in [3.8, 4) is 22.5 Å². The summed E-state index contributed by atoms with van der Waals surface area (Å²) in [5.74, 6) is -0.120. The number of benzene rings is 1. The van der Waals surface area contributed by atoms with Crippen LogP contribution in [0.1, 0.15) is 21.9 Å². The lowest BCUT2D eigenvalue weighted by Crippen LogP contribution is -2.25. The fraction of sp³-hybridized carbons (Fsp3) is 0.136. The predicted molar refractivity (Wildman–Crippen MR) is 110 cm³/mol. The molecule has 0 aliphatic carbocycles. The van der Waals surface area contributed by atoms with Crippen molar-refractivity contribution in [1.82, 2.24) is 29.8 Å². The molecule has 0 radical (unpaired) electrons. The van der Waals surface area contributed by atoms with Crippen molar-refractivity contribution in [2.24, 2.45) is 7.05 Å².